The Morgan fingerprint density at radius 2 is 1.88 bits per heavy atom. The summed E-state index contributed by atoms with van der Waals surface area (Å²) in [6.45, 7) is 1.08. The Morgan fingerprint density at radius 3 is 2.19 bits per heavy atom. The molecule has 0 radical (unpaired) electrons. The van der Waals surface area contributed by atoms with Crippen molar-refractivity contribution in [3.05, 3.63) is 11.1 Å². The molecule has 16 heavy (non-hydrogen) atoms. The Morgan fingerprint density at radius 1 is 1.38 bits per heavy atom. The van der Waals surface area contributed by atoms with Crippen molar-refractivity contribution in [1.29, 1.82) is 0 Å². The molecule has 0 spiro atoms. The van der Waals surface area contributed by atoms with Crippen LogP contribution in [0.5, 0.6) is 0 Å². The Labute approximate surface area is 98.0 Å². The van der Waals surface area contributed by atoms with Gasteiger partial charge in [-0.15, -0.1) is 0 Å². The van der Waals surface area contributed by atoms with Crippen molar-refractivity contribution in [1.82, 2.24) is 5.32 Å². The van der Waals surface area contributed by atoms with Crippen LogP contribution in [0.4, 0.5) is 13.2 Å². The van der Waals surface area contributed by atoms with E-state index in [0.29, 0.717) is 0 Å². The van der Waals surface area contributed by atoms with E-state index >= 15 is 0 Å². The standard InChI is InChI=1S/C8H9BrF3NO3/c1-7(3-4-9,6(15)16-2)13-5(14)8(10,11)12/h3-4H,1-2H3,(H,13,14)/b4-3+/t7-/m0/s1. The van der Waals surface area contributed by atoms with Crippen molar-refractivity contribution in [3.8, 4) is 0 Å². The topological polar surface area (TPSA) is 55.4 Å². The highest BCUT2D eigenvalue weighted by molar-refractivity contribution is 9.11. The largest absolute Gasteiger partial charge is 0.471 e. The zero-order valence-corrected chi connectivity index (χ0v) is 9.98. The van der Waals surface area contributed by atoms with Gasteiger partial charge in [-0.25, -0.2) is 4.79 Å². The summed E-state index contributed by atoms with van der Waals surface area (Å²) < 4.78 is 40.2. The minimum Gasteiger partial charge on any atom is -0.467 e. The molecule has 0 heterocycles. The van der Waals surface area contributed by atoms with Crippen LogP contribution < -0.4 is 5.32 Å². The lowest BCUT2D eigenvalue weighted by Gasteiger charge is -2.24. The molecule has 4 nitrogen and oxygen atoms in total. The number of esters is 1. The first-order valence-electron chi connectivity index (χ1n) is 3.93. The molecular weight excluding hydrogens is 295 g/mol. The SMILES string of the molecule is COC(=O)[C@](C)(/C=C/Br)NC(=O)C(F)(F)F. The molecule has 8 heteroatoms. The fourth-order valence-corrected chi connectivity index (χ4v) is 1.33. The summed E-state index contributed by atoms with van der Waals surface area (Å²) in [7, 11) is 1.00. The van der Waals surface area contributed by atoms with Crippen LogP contribution in [-0.2, 0) is 14.3 Å². The van der Waals surface area contributed by atoms with Gasteiger partial charge in [0.15, 0.2) is 5.54 Å². The molecule has 0 unspecified atom stereocenters. The number of halogens is 4. The molecular formula is C8H9BrF3NO3. The number of amides is 1. The maximum absolute atomic E-state index is 12.0. The predicted octanol–water partition coefficient (Wildman–Crippen LogP) is 1.51. The summed E-state index contributed by atoms with van der Waals surface area (Å²) in [4.78, 5) is 23.0. The van der Waals surface area contributed by atoms with E-state index in [2.05, 4.69) is 20.7 Å². The van der Waals surface area contributed by atoms with Crippen molar-refractivity contribution in [2.45, 2.75) is 18.6 Å². The quantitative estimate of drug-likeness (QED) is 0.804. The molecule has 0 saturated heterocycles. The lowest BCUT2D eigenvalue weighted by molar-refractivity contribution is -0.176. The molecule has 0 aromatic carbocycles. The van der Waals surface area contributed by atoms with Gasteiger partial charge in [0.2, 0.25) is 0 Å². The van der Waals surface area contributed by atoms with Gasteiger partial charge >= 0.3 is 18.1 Å². The summed E-state index contributed by atoms with van der Waals surface area (Å²) in [5.74, 6) is -3.23. The highest BCUT2D eigenvalue weighted by atomic mass is 79.9. The smallest absolute Gasteiger partial charge is 0.467 e. The van der Waals surface area contributed by atoms with Crippen molar-refractivity contribution >= 4 is 27.8 Å². The second kappa shape index (κ2) is 5.33. The van der Waals surface area contributed by atoms with E-state index < -0.39 is 23.6 Å². The fraction of sp³-hybridized carbons (Fsp3) is 0.500. The zero-order chi connectivity index (χ0) is 13.0. The van der Waals surface area contributed by atoms with Crippen molar-refractivity contribution in [2.24, 2.45) is 0 Å². The average Bonchev–Trinajstić information content (AvgIpc) is 2.15. The van der Waals surface area contributed by atoms with E-state index in [9.17, 15) is 22.8 Å². The van der Waals surface area contributed by atoms with E-state index in [1.54, 1.807) is 0 Å². The number of ether oxygens (including phenoxy) is 1. The van der Waals surface area contributed by atoms with E-state index in [0.717, 1.165) is 25.1 Å². The number of carbonyl (C=O) groups excluding carboxylic acids is 2. The lowest BCUT2D eigenvalue weighted by Crippen LogP contribution is -2.55. The molecule has 0 saturated carbocycles. The van der Waals surface area contributed by atoms with E-state index in [1.165, 1.54) is 5.32 Å². The third-order valence-electron chi connectivity index (χ3n) is 1.64. The minimum atomic E-state index is -5.06. The van der Waals surface area contributed by atoms with Gasteiger partial charge in [0, 0.05) is 0 Å². The maximum atomic E-state index is 12.0. The van der Waals surface area contributed by atoms with Gasteiger partial charge in [0.1, 0.15) is 0 Å². The summed E-state index contributed by atoms with van der Waals surface area (Å²) >= 11 is 2.80. The second-order valence-electron chi connectivity index (χ2n) is 2.94. The molecule has 92 valence electrons. The lowest BCUT2D eigenvalue weighted by atomic mass is 10.0. The molecule has 0 fully saturated rings. The van der Waals surface area contributed by atoms with E-state index in [4.69, 9.17) is 0 Å². The molecule has 1 amide bonds. The molecule has 0 aromatic heterocycles. The van der Waals surface area contributed by atoms with Crippen LogP contribution in [0.2, 0.25) is 0 Å². The van der Waals surface area contributed by atoms with Crippen LogP contribution in [0.15, 0.2) is 11.1 Å². The van der Waals surface area contributed by atoms with Gasteiger partial charge in [-0.05, 0) is 18.0 Å². The van der Waals surface area contributed by atoms with Crippen molar-refractivity contribution in [3.63, 3.8) is 0 Å². The fourth-order valence-electron chi connectivity index (χ4n) is 0.805. The summed E-state index contributed by atoms with van der Waals surface area (Å²) in [6, 6.07) is 0. The van der Waals surface area contributed by atoms with Gasteiger partial charge in [-0.2, -0.15) is 13.2 Å². The van der Waals surface area contributed by atoms with Gasteiger partial charge in [-0.1, -0.05) is 15.9 Å². The van der Waals surface area contributed by atoms with Gasteiger partial charge in [0.05, 0.1) is 7.11 Å². The van der Waals surface area contributed by atoms with Gasteiger partial charge < -0.3 is 10.1 Å². The van der Waals surface area contributed by atoms with Crippen LogP contribution in [-0.4, -0.2) is 30.7 Å². The second-order valence-corrected chi connectivity index (χ2v) is 3.47. The molecule has 0 aliphatic carbocycles. The molecule has 0 aliphatic heterocycles. The third kappa shape index (κ3) is 3.84. The Bertz CT molecular complexity index is 316. The number of rotatable bonds is 3. The van der Waals surface area contributed by atoms with Crippen LogP contribution >= 0.6 is 15.9 Å². The number of carbonyl (C=O) groups is 2. The van der Waals surface area contributed by atoms with Crippen molar-refractivity contribution in [2.75, 3.05) is 7.11 Å². The highest BCUT2D eigenvalue weighted by Gasteiger charge is 2.44. The molecule has 0 rings (SSSR count). The maximum Gasteiger partial charge on any atom is 0.471 e. The summed E-state index contributed by atoms with van der Waals surface area (Å²) in [5.41, 5.74) is -1.87. The van der Waals surface area contributed by atoms with Crippen molar-refractivity contribution < 1.29 is 27.5 Å². The van der Waals surface area contributed by atoms with E-state index in [-0.39, 0.29) is 0 Å². The Hall–Kier alpha value is -1.05. The number of nitrogens with one attached hydrogen (secondary N) is 1. The van der Waals surface area contributed by atoms with Gasteiger partial charge in [-0.3, -0.25) is 4.79 Å². The number of hydrogen-bond donors (Lipinski definition) is 1. The number of alkyl halides is 3. The molecule has 0 bridgehead atoms. The normalized spacial score (nSPS) is 15.6. The Kier molecular flexibility index (Phi) is 4.98. The predicted molar refractivity (Wildman–Crippen MR) is 52.7 cm³/mol. The number of methoxy groups -OCH3 is 1. The molecule has 1 atom stereocenters. The molecule has 1 N–H and O–H groups in total. The van der Waals surface area contributed by atoms with Crippen LogP contribution in [0, 0.1) is 0 Å². The monoisotopic (exact) mass is 303 g/mol. The van der Waals surface area contributed by atoms with E-state index in [1.807, 2.05) is 0 Å². The summed E-state index contributed by atoms with van der Waals surface area (Å²) in [5, 5.41) is 1.53. The molecule has 0 aliphatic rings. The first-order valence-corrected chi connectivity index (χ1v) is 4.84. The minimum absolute atomic E-state index is 1.00. The first kappa shape index (κ1) is 14.9. The van der Waals surface area contributed by atoms with Crippen LogP contribution in [0.1, 0.15) is 6.92 Å². The van der Waals surface area contributed by atoms with Crippen LogP contribution in [0.25, 0.3) is 0 Å². The zero-order valence-electron chi connectivity index (χ0n) is 8.39. The Balaban J connectivity index is 4.97. The third-order valence-corrected chi connectivity index (χ3v) is 1.90. The highest BCUT2D eigenvalue weighted by Crippen LogP contribution is 2.18. The van der Waals surface area contributed by atoms with Crippen LogP contribution in [0.3, 0.4) is 0 Å². The first-order chi connectivity index (χ1) is 7.17. The van der Waals surface area contributed by atoms with Gasteiger partial charge in [0.25, 0.3) is 0 Å². The molecule has 0 aromatic rings. The number of hydrogen-bond acceptors (Lipinski definition) is 3. The average molecular weight is 304 g/mol. The summed E-state index contributed by atoms with van der Waals surface area (Å²) in [6.07, 6.45) is -4.03.